The van der Waals surface area contributed by atoms with Crippen molar-refractivity contribution in [1.29, 1.82) is 0 Å². The van der Waals surface area contributed by atoms with Gasteiger partial charge in [-0.3, -0.25) is 4.99 Å². The van der Waals surface area contributed by atoms with Crippen molar-refractivity contribution in [3.8, 4) is 5.75 Å². The second-order valence-electron chi connectivity index (χ2n) is 5.80. The van der Waals surface area contributed by atoms with Crippen LogP contribution in [0.4, 0.5) is 0 Å². The highest BCUT2D eigenvalue weighted by Gasteiger charge is 1.97. The molecule has 0 heterocycles. The number of ether oxygens (including phenoxy) is 1. The van der Waals surface area contributed by atoms with Gasteiger partial charge in [0.2, 0.25) is 0 Å². The first-order valence-corrected chi connectivity index (χ1v) is 8.12. The van der Waals surface area contributed by atoms with Gasteiger partial charge < -0.3 is 4.74 Å². The van der Waals surface area contributed by atoms with Crippen LogP contribution in [0.5, 0.6) is 5.75 Å². The number of hydrogen-bond donors (Lipinski definition) is 0. The Hall–Kier alpha value is -2.87. The van der Waals surface area contributed by atoms with Gasteiger partial charge in [0.25, 0.3) is 0 Å². The van der Waals surface area contributed by atoms with E-state index >= 15 is 0 Å². The summed E-state index contributed by atoms with van der Waals surface area (Å²) < 4.78 is 5.82. The highest BCUT2D eigenvalue weighted by Crippen LogP contribution is 2.15. The minimum absolute atomic E-state index is 0.589. The van der Waals surface area contributed by atoms with E-state index in [1.165, 1.54) is 16.7 Å². The number of benzene rings is 3. The van der Waals surface area contributed by atoms with E-state index < -0.39 is 0 Å². The molecule has 0 unspecified atom stereocenters. The molecule has 3 rings (SSSR count). The zero-order chi connectivity index (χ0) is 16.6. The zero-order valence-corrected chi connectivity index (χ0v) is 13.9. The van der Waals surface area contributed by atoms with Gasteiger partial charge in [0.15, 0.2) is 0 Å². The molecule has 2 heteroatoms. The molecule has 0 N–H and O–H groups in total. The molecule has 0 aromatic heterocycles. The van der Waals surface area contributed by atoms with Crippen molar-refractivity contribution in [3.63, 3.8) is 0 Å². The van der Waals surface area contributed by atoms with Gasteiger partial charge in [0.05, 0.1) is 6.54 Å². The molecule has 0 bridgehead atoms. The topological polar surface area (TPSA) is 21.6 Å². The van der Waals surface area contributed by atoms with Crippen LogP contribution >= 0.6 is 0 Å². The molecule has 0 saturated carbocycles. The molecule has 2 nitrogen and oxygen atoms in total. The lowest BCUT2D eigenvalue weighted by molar-refractivity contribution is 0.306. The fraction of sp³-hybridized carbons (Fsp3) is 0.136. The van der Waals surface area contributed by atoms with Crippen molar-refractivity contribution >= 4 is 6.21 Å². The normalized spacial score (nSPS) is 10.9. The van der Waals surface area contributed by atoms with Crippen LogP contribution in [-0.2, 0) is 13.2 Å². The van der Waals surface area contributed by atoms with Crippen LogP contribution in [0.1, 0.15) is 22.3 Å². The summed E-state index contributed by atoms with van der Waals surface area (Å²) in [5.41, 5.74) is 4.73. The molecule has 0 aliphatic rings. The summed E-state index contributed by atoms with van der Waals surface area (Å²) in [6, 6.07) is 26.7. The second kappa shape index (κ2) is 8.11. The molecule has 3 aromatic carbocycles. The van der Waals surface area contributed by atoms with E-state index in [4.69, 9.17) is 4.74 Å². The number of nitrogens with zero attached hydrogens (tertiary/aromatic N) is 1. The lowest BCUT2D eigenvalue weighted by Crippen LogP contribution is -1.95. The van der Waals surface area contributed by atoms with E-state index in [1.807, 2.05) is 48.7 Å². The largest absolute Gasteiger partial charge is 0.489 e. The van der Waals surface area contributed by atoms with Gasteiger partial charge in [0.1, 0.15) is 12.4 Å². The zero-order valence-electron chi connectivity index (χ0n) is 13.9. The van der Waals surface area contributed by atoms with Crippen molar-refractivity contribution in [2.24, 2.45) is 4.99 Å². The van der Waals surface area contributed by atoms with E-state index in [2.05, 4.69) is 48.3 Å². The van der Waals surface area contributed by atoms with Crippen molar-refractivity contribution in [1.82, 2.24) is 0 Å². The molecular formula is C22H21NO. The van der Waals surface area contributed by atoms with Gasteiger partial charge in [-0.1, -0.05) is 72.3 Å². The van der Waals surface area contributed by atoms with E-state index in [1.54, 1.807) is 0 Å². The summed E-state index contributed by atoms with van der Waals surface area (Å²) in [5, 5.41) is 0. The maximum atomic E-state index is 5.82. The molecule has 0 atom stereocenters. The van der Waals surface area contributed by atoms with Crippen molar-refractivity contribution in [3.05, 3.63) is 101 Å². The quantitative estimate of drug-likeness (QED) is 0.573. The molecule has 0 aliphatic heterocycles. The Morgan fingerprint density at radius 1 is 0.792 bits per heavy atom. The molecule has 0 aliphatic carbocycles. The number of hydrogen-bond acceptors (Lipinski definition) is 2. The first-order valence-electron chi connectivity index (χ1n) is 8.12. The van der Waals surface area contributed by atoms with Crippen LogP contribution in [0.25, 0.3) is 0 Å². The summed E-state index contributed by atoms with van der Waals surface area (Å²) >= 11 is 0. The van der Waals surface area contributed by atoms with Gasteiger partial charge in [-0.2, -0.15) is 0 Å². The third kappa shape index (κ3) is 4.82. The third-order valence-corrected chi connectivity index (χ3v) is 3.76. The Morgan fingerprint density at radius 3 is 2.17 bits per heavy atom. The molecule has 3 aromatic rings. The molecule has 0 radical (unpaired) electrons. The van der Waals surface area contributed by atoms with Gasteiger partial charge in [0, 0.05) is 6.21 Å². The first-order chi connectivity index (χ1) is 11.8. The van der Waals surface area contributed by atoms with Crippen molar-refractivity contribution in [2.75, 3.05) is 0 Å². The lowest BCUT2D eigenvalue weighted by Gasteiger charge is -2.07. The average molecular weight is 315 g/mol. The fourth-order valence-corrected chi connectivity index (χ4v) is 2.34. The first kappa shape index (κ1) is 16.0. The Kier molecular flexibility index (Phi) is 5.41. The van der Waals surface area contributed by atoms with Crippen molar-refractivity contribution < 1.29 is 4.74 Å². The lowest BCUT2D eigenvalue weighted by atomic mass is 10.2. The Labute approximate surface area is 143 Å². The van der Waals surface area contributed by atoms with Crippen LogP contribution in [-0.4, -0.2) is 6.21 Å². The Morgan fingerprint density at radius 2 is 1.46 bits per heavy atom. The van der Waals surface area contributed by atoms with Gasteiger partial charge >= 0.3 is 0 Å². The molecule has 0 amide bonds. The maximum absolute atomic E-state index is 5.82. The number of aliphatic imine (C=N–C) groups is 1. The highest BCUT2D eigenvalue weighted by molar-refractivity contribution is 5.79. The number of aryl methyl sites for hydroxylation is 1. The van der Waals surface area contributed by atoms with Crippen molar-refractivity contribution in [2.45, 2.75) is 20.1 Å². The number of rotatable bonds is 6. The molecular weight excluding hydrogens is 294 g/mol. The van der Waals surface area contributed by atoms with Gasteiger partial charge in [-0.15, -0.1) is 0 Å². The minimum atomic E-state index is 0.589. The van der Waals surface area contributed by atoms with Crippen LogP contribution < -0.4 is 4.74 Å². The third-order valence-electron chi connectivity index (χ3n) is 3.76. The highest BCUT2D eigenvalue weighted by atomic mass is 16.5. The van der Waals surface area contributed by atoms with E-state index in [9.17, 15) is 0 Å². The standard InChI is InChI=1S/C22H21NO/c1-18-7-9-21(10-8-18)17-24-22-13-11-20(12-14-22)16-23-15-19-5-3-2-4-6-19/h2-15H,16-17H2,1H3. The summed E-state index contributed by atoms with van der Waals surface area (Å²) in [6.45, 7) is 3.35. The summed E-state index contributed by atoms with van der Waals surface area (Å²) in [6.07, 6.45) is 1.90. The van der Waals surface area contributed by atoms with E-state index in [0.29, 0.717) is 13.2 Å². The van der Waals surface area contributed by atoms with Crippen LogP contribution in [0.2, 0.25) is 0 Å². The summed E-state index contributed by atoms with van der Waals surface area (Å²) in [7, 11) is 0. The Bertz CT molecular complexity index is 774. The second-order valence-corrected chi connectivity index (χ2v) is 5.80. The minimum Gasteiger partial charge on any atom is -0.489 e. The Balaban J connectivity index is 1.51. The van der Waals surface area contributed by atoms with Crippen LogP contribution in [0.15, 0.2) is 83.9 Å². The fourth-order valence-electron chi connectivity index (χ4n) is 2.34. The molecule has 0 spiro atoms. The van der Waals surface area contributed by atoms with Gasteiger partial charge in [-0.25, -0.2) is 0 Å². The van der Waals surface area contributed by atoms with Gasteiger partial charge in [-0.05, 0) is 35.7 Å². The molecule has 120 valence electrons. The smallest absolute Gasteiger partial charge is 0.119 e. The monoisotopic (exact) mass is 315 g/mol. The molecule has 0 fully saturated rings. The molecule has 0 saturated heterocycles. The summed E-state index contributed by atoms with van der Waals surface area (Å²) in [4.78, 5) is 4.48. The van der Waals surface area contributed by atoms with Crippen LogP contribution in [0, 0.1) is 6.92 Å². The predicted molar refractivity (Wildman–Crippen MR) is 99.7 cm³/mol. The summed E-state index contributed by atoms with van der Waals surface area (Å²) in [5.74, 6) is 0.881. The molecule has 24 heavy (non-hydrogen) atoms. The van der Waals surface area contributed by atoms with E-state index in [0.717, 1.165) is 11.3 Å². The van der Waals surface area contributed by atoms with Crippen LogP contribution in [0.3, 0.4) is 0 Å². The average Bonchev–Trinajstić information content (AvgIpc) is 2.63. The maximum Gasteiger partial charge on any atom is 0.119 e. The predicted octanol–water partition coefficient (Wildman–Crippen LogP) is 5.19. The SMILES string of the molecule is Cc1ccc(COc2ccc(CN=Cc3ccccc3)cc2)cc1. The van der Waals surface area contributed by atoms with E-state index in [-0.39, 0.29) is 0 Å².